The summed E-state index contributed by atoms with van der Waals surface area (Å²) in [5.74, 6) is -0.466. The monoisotopic (exact) mass is 486 g/mol. The highest BCUT2D eigenvalue weighted by molar-refractivity contribution is 7.14. The van der Waals surface area contributed by atoms with Crippen LogP contribution in [-0.4, -0.2) is 23.4 Å². The Morgan fingerprint density at radius 2 is 1.97 bits per heavy atom. The Morgan fingerprint density at radius 1 is 1.24 bits per heavy atom. The fourth-order valence-corrected chi connectivity index (χ4v) is 3.65. The van der Waals surface area contributed by atoms with E-state index in [4.69, 9.17) is 10.00 Å². The Kier molecular flexibility index (Phi) is 7.65. The number of carbonyl (C=O) groups is 2. The van der Waals surface area contributed by atoms with Crippen molar-refractivity contribution in [2.45, 2.75) is 13.1 Å². The van der Waals surface area contributed by atoms with Crippen LogP contribution in [0.1, 0.15) is 18.2 Å². The van der Waals surface area contributed by atoms with E-state index in [0.717, 1.165) is 28.4 Å². The largest absolute Gasteiger partial charge is 0.479 e. The molecule has 1 aromatic heterocycles. The van der Waals surface area contributed by atoms with Gasteiger partial charge in [0, 0.05) is 24.1 Å². The van der Waals surface area contributed by atoms with E-state index in [0.29, 0.717) is 17.1 Å². The predicted molar refractivity (Wildman–Crippen MR) is 122 cm³/mol. The number of nitrogens with zero attached hydrogens (tertiary/aromatic N) is 3. The molecule has 0 unspecified atom stereocenters. The molecule has 1 heterocycles. The highest BCUT2D eigenvalue weighted by atomic mass is 32.1. The predicted octanol–water partition coefficient (Wildman–Crippen LogP) is 5.40. The van der Waals surface area contributed by atoms with Crippen LogP contribution in [0.4, 0.5) is 29.7 Å². The Morgan fingerprint density at radius 3 is 2.62 bits per heavy atom. The summed E-state index contributed by atoms with van der Waals surface area (Å²) in [6, 6.07) is 12.7. The molecule has 0 spiro atoms. The number of halogens is 3. The average molecular weight is 486 g/mol. The van der Waals surface area contributed by atoms with Gasteiger partial charge in [-0.15, -0.1) is 11.3 Å². The SMILES string of the molecule is CC(=O)N(c1cccc(C(F)(F)F)c1)c1nc(/C=C/C(=O)Nc2ccc(OCC#N)cc2)cs1. The van der Waals surface area contributed by atoms with Crippen molar-refractivity contribution in [3.63, 3.8) is 0 Å². The lowest BCUT2D eigenvalue weighted by molar-refractivity contribution is -0.137. The zero-order chi connectivity index (χ0) is 24.7. The molecular formula is C23H17F3N4O3S. The summed E-state index contributed by atoms with van der Waals surface area (Å²) in [4.78, 5) is 29.7. The number of carbonyl (C=O) groups excluding carboxylic acids is 2. The van der Waals surface area contributed by atoms with Gasteiger partial charge in [0.15, 0.2) is 11.7 Å². The van der Waals surface area contributed by atoms with Crippen molar-refractivity contribution in [3.8, 4) is 11.8 Å². The molecule has 7 nitrogen and oxygen atoms in total. The number of hydrogen-bond acceptors (Lipinski definition) is 6. The third kappa shape index (κ3) is 6.43. The van der Waals surface area contributed by atoms with Gasteiger partial charge in [-0.25, -0.2) is 4.98 Å². The minimum Gasteiger partial charge on any atom is -0.479 e. The Labute approximate surface area is 196 Å². The van der Waals surface area contributed by atoms with Crippen LogP contribution in [0.15, 0.2) is 60.0 Å². The van der Waals surface area contributed by atoms with Gasteiger partial charge >= 0.3 is 6.18 Å². The Bertz CT molecular complexity index is 1250. The lowest BCUT2D eigenvalue weighted by atomic mass is 10.2. The number of nitrogens with one attached hydrogen (secondary N) is 1. The van der Waals surface area contributed by atoms with Gasteiger partial charge in [0.2, 0.25) is 11.8 Å². The second-order valence-corrected chi connectivity index (χ2v) is 7.59. The fourth-order valence-electron chi connectivity index (χ4n) is 2.80. The second-order valence-electron chi connectivity index (χ2n) is 6.75. The average Bonchev–Trinajstić information content (AvgIpc) is 3.25. The summed E-state index contributed by atoms with van der Waals surface area (Å²) in [6.45, 7) is 1.14. The molecule has 174 valence electrons. The van der Waals surface area contributed by atoms with Crippen LogP contribution in [0.25, 0.3) is 6.08 Å². The highest BCUT2D eigenvalue weighted by Gasteiger charge is 2.31. The number of rotatable bonds is 7. The smallest absolute Gasteiger partial charge is 0.416 e. The normalized spacial score (nSPS) is 11.1. The molecule has 0 aliphatic carbocycles. The van der Waals surface area contributed by atoms with Crippen LogP contribution in [0.2, 0.25) is 0 Å². The van der Waals surface area contributed by atoms with E-state index < -0.39 is 23.6 Å². The van der Waals surface area contributed by atoms with Crippen molar-refractivity contribution < 1.29 is 27.5 Å². The van der Waals surface area contributed by atoms with Gasteiger partial charge in [0.25, 0.3) is 0 Å². The molecule has 0 atom stereocenters. The molecule has 0 radical (unpaired) electrons. The van der Waals surface area contributed by atoms with Crippen molar-refractivity contribution in [1.29, 1.82) is 5.26 Å². The molecule has 2 aromatic carbocycles. The number of hydrogen-bond donors (Lipinski definition) is 1. The summed E-state index contributed by atoms with van der Waals surface area (Å²) in [7, 11) is 0. The molecule has 0 saturated carbocycles. The number of amides is 2. The van der Waals surface area contributed by atoms with E-state index in [1.807, 2.05) is 6.07 Å². The Hall–Kier alpha value is -4.17. The van der Waals surface area contributed by atoms with E-state index in [9.17, 15) is 22.8 Å². The van der Waals surface area contributed by atoms with Crippen LogP contribution >= 0.6 is 11.3 Å². The lowest BCUT2D eigenvalue weighted by Gasteiger charge is -2.19. The van der Waals surface area contributed by atoms with Gasteiger partial charge in [0.05, 0.1) is 16.9 Å². The molecule has 34 heavy (non-hydrogen) atoms. The molecule has 3 aromatic rings. The van der Waals surface area contributed by atoms with Crippen molar-refractivity contribution in [2.75, 3.05) is 16.8 Å². The Balaban J connectivity index is 1.70. The highest BCUT2D eigenvalue weighted by Crippen LogP contribution is 2.35. The third-order valence-electron chi connectivity index (χ3n) is 4.28. The number of thiazole rings is 1. The number of alkyl halides is 3. The van der Waals surface area contributed by atoms with Crippen LogP contribution in [-0.2, 0) is 15.8 Å². The van der Waals surface area contributed by atoms with Gasteiger partial charge in [0.1, 0.15) is 11.8 Å². The first kappa shape index (κ1) is 24.5. The van der Waals surface area contributed by atoms with Gasteiger partial charge in [-0.3, -0.25) is 14.5 Å². The fraction of sp³-hybridized carbons (Fsp3) is 0.130. The zero-order valence-electron chi connectivity index (χ0n) is 17.7. The van der Waals surface area contributed by atoms with E-state index in [-0.39, 0.29) is 17.4 Å². The zero-order valence-corrected chi connectivity index (χ0v) is 18.5. The van der Waals surface area contributed by atoms with Gasteiger partial charge in [-0.1, -0.05) is 6.07 Å². The number of nitriles is 1. The molecule has 3 rings (SSSR count). The molecule has 0 bridgehead atoms. The third-order valence-corrected chi connectivity index (χ3v) is 5.12. The number of aromatic nitrogens is 1. The molecule has 0 aliphatic heterocycles. The summed E-state index contributed by atoms with van der Waals surface area (Å²) < 4.78 is 44.3. The van der Waals surface area contributed by atoms with E-state index in [1.165, 1.54) is 31.2 Å². The van der Waals surface area contributed by atoms with Gasteiger partial charge < -0.3 is 10.1 Å². The quantitative estimate of drug-likeness (QED) is 0.451. The second kappa shape index (κ2) is 10.6. The van der Waals surface area contributed by atoms with Crippen molar-refractivity contribution in [1.82, 2.24) is 4.98 Å². The summed E-state index contributed by atoms with van der Waals surface area (Å²) in [5.41, 5.74) is 0.0141. The number of anilines is 3. The summed E-state index contributed by atoms with van der Waals surface area (Å²) in [5, 5.41) is 12.9. The summed E-state index contributed by atoms with van der Waals surface area (Å²) >= 11 is 1.05. The molecular weight excluding hydrogens is 469 g/mol. The first-order chi connectivity index (χ1) is 16.2. The molecule has 0 saturated heterocycles. The minimum atomic E-state index is -4.55. The van der Waals surface area contributed by atoms with E-state index in [1.54, 1.807) is 29.6 Å². The first-order valence-corrected chi connectivity index (χ1v) is 10.6. The minimum absolute atomic E-state index is 0.0344. The summed E-state index contributed by atoms with van der Waals surface area (Å²) in [6.07, 6.45) is -1.89. The molecule has 1 N–H and O–H groups in total. The van der Waals surface area contributed by atoms with Gasteiger partial charge in [-0.05, 0) is 48.5 Å². The maximum atomic E-state index is 13.1. The maximum Gasteiger partial charge on any atom is 0.416 e. The molecule has 0 aliphatic rings. The molecule has 2 amide bonds. The van der Waals surface area contributed by atoms with Crippen molar-refractivity contribution >= 4 is 45.7 Å². The standard InChI is InChI=1S/C23H17F3N4O3S/c1-15(31)30(19-4-2-3-16(13-19)23(24,25)26)22-29-18(14-34-22)7-10-21(32)28-17-5-8-20(9-6-17)33-12-11-27/h2-10,13-14H,12H2,1H3,(H,28,32)/b10-7+. The maximum absolute atomic E-state index is 13.1. The van der Waals surface area contributed by atoms with E-state index in [2.05, 4.69) is 10.3 Å². The molecule has 11 heteroatoms. The van der Waals surface area contributed by atoms with Crippen LogP contribution in [0.3, 0.4) is 0 Å². The van der Waals surface area contributed by atoms with Crippen molar-refractivity contribution in [2.24, 2.45) is 0 Å². The van der Waals surface area contributed by atoms with Gasteiger partial charge in [-0.2, -0.15) is 18.4 Å². The van der Waals surface area contributed by atoms with Crippen LogP contribution < -0.4 is 15.0 Å². The van der Waals surface area contributed by atoms with Crippen LogP contribution in [0, 0.1) is 11.3 Å². The van der Waals surface area contributed by atoms with Crippen LogP contribution in [0.5, 0.6) is 5.75 Å². The number of ether oxygens (including phenoxy) is 1. The lowest BCUT2D eigenvalue weighted by Crippen LogP contribution is -2.23. The van der Waals surface area contributed by atoms with Crippen molar-refractivity contribution in [3.05, 3.63) is 71.2 Å². The van der Waals surface area contributed by atoms with E-state index >= 15 is 0 Å². The molecule has 0 fully saturated rings. The number of benzene rings is 2. The topological polar surface area (TPSA) is 95.3 Å². The first-order valence-electron chi connectivity index (χ1n) is 9.70.